The van der Waals surface area contributed by atoms with Crippen molar-refractivity contribution in [2.24, 2.45) is 7.05 Å². The van der Waals surface area contributed by atoms with E-state index in [1.165, 1.54) is 0 Å². The van der Waals surface area contributed by atoms with Gasteiger partial charge in [-0.1, -0.05) is 23.9 Å². The Morgan fingerprint density at radius 1 is 1.36 bits per heavy atom. The number of hydrogen-bond donors (Lipinski definition) is 1. The van der Waals surface area contributed by atoms with Crippen molar-refractivity contribution in [3.05, 3.63) is 59.4 Å². The first kappa shape index (κ1) is 18.6. The Morgan fingerprint density at radius 2 is 2.18 bits per heavy atom. The Kier molecular flexibility index (Phi) is 5.13. The van der Waals surface area contributed by atoms with Gasteiger partial charge in [-0.2, -0.15) is 0 Å². The number of carbonyl (C=O) groups is 1. The van der Waals surface area contributed by atoms with Gasteiger partial charge in [0.15, 0.2) is 5.16 Å². The van der Waals surface area contributed by atoms with E-state index in [2.05, 4.69) is 32.4 Å². The summed E-state index contributed by atoms with van der Waals surface area (Å²) in [5.41, 5.74) is 3.08. The standard InChI is InChI=1S/C20H22N6OS/c1-12-17(10-21-18(23-12)14-7-8-14)19(27)24-16-6-4-5-15(9-16)13(2)28-20-25-22-11-26(20)3/h4-6,9-11,13-14H,7-8H2,1-3H3,(H,24,27). The van der Waals surface area contributed by atoms with E-state index in [0.717, 1.165) is 40.8 Å². The summed E-state index contributed by atoms with van der Waals surface area (Å²) in [5, 5.41) is 12.0. The molecule has 1 unspecified atom stereocenters. The largest absolute Gasteiger partial charge is 0.322 e. The zero-order chi connectivity index (χ0) is 19.7. The van der Waals surface area contributed by atoms with E-state index >= 15 is 0 Å². The lowest BCUT2D eigenvalue weighted by molar-refractivity contribution is 0.102. The minimum absolute atomic E-state index is 0.169. The molecule has 1 amide bonds. The van der Waals surface area contributed by atoms with Gasteiger partial charge >= 0.3 is 0 Å². The monoisotopic (exact) mass is 394 g/mol. The van der Waals surface area contributed by atoms with Gasteiger partial charge in [0.1, 0.15) is 12.2 Å². The average molecular weight is 395 g/mol. The van der Waals surface area contributed by atoms with E-state index in [1.54, 1.807) is 24.3 Å². The summed E-state index contributed by atoms with van der Waals surface area (Å²) < 4.78 is 1.89. The van der Waals surface area contributed by atoms with Crippen LogP contribution in [-0.4, -0.2) is 30.6 Å². The van der Waals surface area contributed by atoms with Gasteiger partial charge in [-0.3, -0.25) is 4.79 Å². The lowest BCUT2D eigenvalue weighted by Gasteiger charge is -2.13. The number of rotatable bonds is 6. The Balaban J connectivity index is 1.47. The van der Waals surface area contributed by atoms with Crippen LogP contribution in [0.25, 0.3) is 0 Å². The fourth-order valence-electron chi connectivity index (χ4n) is 2.92. The van der Waals surface area contributed by atoms with Crippen LogP contribution in [0.5, 0.6) is 0 Å². The van der Waals surface area contributed by atoms with E-state index in [-0.39, 0.29) is 11.2 Å². The highest BCUT2D eigenvalue weighted by Gasteiger charge is 2.27. The molecule has 4 rings (SSSR count). The van der Waals surface area contributed by atoms with E-state index < -0.39 is 0 Å². The Bertz CT molecular complexity index is 1010. The maximum atomic E-state index is 12.7. The van der Waals surface area contributed by atoms with Crippen molar-refractivity contribution >= 4 is 23.4 Å². The fourth-order valence-corrected chi connectivity index (χ4v) is 3.83. The lowest BCUT2D eigenvalue weighted by Crippen LogP contribution is -2.15. The van der Waals surface area contributed by atoms with E-state index in [4.69, 9.17) is 0 Å². The molecule has 2 heterocycles. The molecule has 0 saturated heterocycles. The molecule has 28 heavy (non-hydrogen) atoms. The van der Waals surface area contributed by atoms with Crippen molar-refractivity contribution in [1.82, 2.24) is 24.7 Å². The summed E-state index contributed by atoms with van der Waals surface area (Å²) in [4.78, 5) is 21.6. The number of aromatic nitrogens is 5. The topological polar surface area (TPSA) is 85.6 Å². The molecule has 0 radical (unpaired) electrons. The second kappa shape index (κ2) is 7.71. The minimum atomic E-state index is -0.189. The molecule has 7 nitrogen and oxygen atoms in total. The van der Waals surface area contributed by atoms with Gasteiger partial charge in [0.05, 0.1) is 11.3 Å². The molecule has 1 saturated carbocycles. The van der Waals surface area contributed by atoms with Crippen LogP contribution in [0.2, 0.25) is 0 Å². The maximum Gasteiger partial charge on any atom is 0.259 e. The highest BCUT2D eigenvalue weighted by molar-refractivity contribution is 7.99. The van der Waals surface area contributed by atoms with Crippen molar-refractivity contribution < 1.29 is 4.79 Å². The Morgan fingerprint density at radius 3 is 2.86 bits per heavy atom. The van der Waals surface area contributed by atoms with Gasteiger partial charge in [-0.25, -0.2) is 9.97 Å². The molecule has 0 spiro atoms. The number of nitrogens with zero attached hydrogens (tertiary/aromatic N) is 5. The van der Waals surface area contributed by atoms with Crippen LogP contribution in [0.1, 0.15) is 58.4 Å². The van der Waals surface area contributed by atoms with E-state index in [9.17, 15) is 4.79 Å². The van der Waals surface area contributed by atoms with Gasteiger partial charge in [0.25, 0.3) is 5.91 Å². The molecule has 1 atom stereocenters. The zero-order valence-corrected chi connectivity index (χ0v) is 16.9. The number of aryl methyl sites for hydroxylation is 2. The molecule has 3 aromatic rings. The van der Waals surface area contributed by atoms with Crippen LogP contribution in [0, 0.1) is 6.92 Å². The molecular formula is C20H22N6OS. The molecule has 1 aliphatic rings. The van der Waals surface area contributed by atoms with Gasteiger partial charge < -0.3 is 9.88 Å². The van der Waals surface area contributed by atoms with Crippen LogP contribution in [0.3, 0.4) is 0 Å². The Hall–Kier alpha value is -2.74. The molecular weight excluding hydrogens is 372 g/mol. The maximum absolute atomic E-state index is 12.7. The first-order chi connectivity index (χ1) is 13.5. The number of benzene rings is 1. The van der Waals surface area contributed by atoms with Crippen LogP contribution in [-0.2, 0) is 7.05 Å². The third-order valence-electron chi connectivity index (χ3n) is 4.75. The number of hydrogen-bond acceptors (Lipinski definition) is 6. The highest BCUT2D eigenvalue weighted by atomic mass is 32.2. The summed E-state index contributed by atoms with van der Waals surface area (Å²) in [7, 11) is 1.92. The van der Waals surface area contributed by atoms with Gasteiger partial charge in [-0.05, 0) is 44.4 Å². The molecule has 1 N–H and O–H groups in total. The second-order valence-corrected chi connectivity index (χ2v) is 8.37. The van der Waals surface area contributed by atoms with Gasteiger partial charge in [-0.15, -0.1) is 10.2 Å². The van der Waals surface area contributed by atoms with E-state index in [0.29, 0.717) is 11.5 Å². The molecule has 0 bridgehead atoms. The summed E-state index contributed by atoms with van der Waals surface area (Å²) in [5.74, 6) is 1.14. The van der Waals surface area contributed by atoms with Crippen LogP contribution in [0.15, 0.2) is 41.9 Å². The number of nitrogens with one attached hydrogen (secondary N) is 1. The van der Waals surface area contributed by atoms with Crippen molar-refractivity contribution in [3.63, 3.8) is 0 Å². The Labute approximate surface area is 168 Å². The predicted molar refractivity (Wildman–Crippen MR) is 108 cm³/mol. The number of thioether (sulfide) groups is 1. The van der Waals surface area contributed by atoms with Crippen LogP contribution in [0.4, 0.5) is 5.69 Å². The van der Waals surface area contributed by atoms with Crippen molar-refractivity contribution in [2.45, 2.75) is 43.0 Å². The summed E-state index contributed by atoms with van der Waals surface area (Å²) >= 11 is 1.62. The SMILES string of the molecule is Cc1nc(C2CC2)ncc1C(=O)Nc1cccc(C(C)Sc2nncn2C)c1. The molecule has 1 aromatic carbocycles. The third-order valence-corrected chi connectivity index (χ3v) is 5.96. The van der Waals surface area contributed by atoms with Gasteiger partial charge in [0, 0.05) is 30.1 Å². The molecule has 1 fully saturated rings. The van der Waals surface area contributed by atoms with E-state index in [1.807, 2.05) is 42.8 Å². The fraction of sp³-hybridized carbons (Fsp3) is 0.350. The first-order valence-corrected chi connectivity index (χ1v) is 10.1. The zero-order valence-electron chi connectivity index (χ0n) is 16.1. The molecule has 1 aliphatic carbocycles. The van der Waals surface area contributed by atoms with Crippen molar-refractivity contribution in [3.8, 4) is 0 Å². The lowest BCUT2D eigenvalue weighted by atomic mass is 10.1. The normalized spacial score (nSPS) is 14.7. The first-order valence-electron chi connectivity index (χ1n) is 9.27. The van der Waals surface area contributed by atoms with Crippen molar-refractivity contribution in [2.75, 3.05) is 5.32 Å². The molecule has 2 aromatic heterocycles. The number of amides is 1. The number of carbonyl (C=O) groups excluding carboxylic acids is 1. The average Bonchev–Trinajstić information content (AvgIpc) is 3.45. The summed E-state index contributed by atoms with van der Waals surface area (Å²) in [6.07, 6.45) is 5.61. The third kappa shape index (κ3) is 4.06. The van der Waals surface area contributed by atoms with Gasteiger partial charge in [0.2, 0.25) is 0 Å². The van der Waals surface area contributed by atoms with Crippen molar-refractivity contribution in [1.29, 1.82) is 0 Å². The quantitative estimate of drug-likeness (QED) is 0.638. The molecule has 144 valence electrons. The van der Waals surface area contributed by atoms with Crippen LogP contribution < -0.4 is 5.32 Å². The predicted octanol–water partition coefficient (Wildman–Crippen LogP) is 3.90. The smallest absolute Gasteiger partial charge is 0.259 e. The summed E-state index contributed by atoms with van der Waals surface area (Å²) in [6.45, 7) is 3.97. The minimum Gasteiger partial charge on any atom is -0.322 e. The molecule has 0 aliphatic heterocycles. The second-order valence-electron chi connectivity index (χ2n) is 7.07. The highest BCUT2D eigenvalue weighted by Crippen LogP contribution is 2.38. The van der Waals surface area contributed by atoms with Crippen LogP contribution >= 0.6 is 11.8 Å². The summed E-state index contributed by atoms with van der Waals surface area (Å²) in [6, 6.07) is 7.86. The number of anilines is 1. The molecule has 8 heteroatoms.